The van der Waals surface area contributed by atoms with Gasteiger partial charge in [-0.15, -0.1) is 0 Å². The van der Waals surface area contributed by atoms with Gasteiger partial charge >= 0.3 is 13.1 Å². The zero-order chi connectivity index (χ0) is 23.5. The molecule has 2 N–H and O–H groups in total. The largest absolute Gasteiger partial charge is 0.495 e. The number of esters is 1. The lowest BCUT2D eigenvalue weighted by Crippen LogP contribution is -2.40. The molecule has 8 nitrogen and oxygen atoms in total. The van der Waals surface area contributed by atoms with Gasteiger partial charge in [0, 0.05) is 23.5 Å². The van der Waals surface area contributed by atoms with Gasteiger partial charge in [-0.25, -0.2) is 9.78 Å². The molecule has 0 saturated carbocycles. The van der Waals surface area contributed by atoms with Crippen LogP contribution in [0, 0.1) is 13.8 Å². The fourth-order valence-electron chi connectivity index (χ4n) is 3.70. The van der Waals surface area contributed by atoms with Crippen molar-refractivity contribution < 1.29 is 18.8 Å². The first-order chi connectivity index (χ1) is 15.2. The summed E-state index contributed by atoms with van der Waals surface area (Å²) in [4.78, 5) is 21.6. The van der Waals surface area contributed by atoms with Crippen molar-refractivity contribution in [3.8, 4) is 0 Å². The second kappa shape index (κ2) is 9.87. The molecule has 0 amide bonds. The van der Waals surface area contributed by atoms with E-state index in [4.69, 9.17) is 14.0 Å². The summed E-state index contributed by atoms with van der Waals surface area (Å²) in [5, 5.41) is 6.70. The van der Waals surface area contributed by atoms with E-state index in [1.165, 1.54) is 7.11 Å². The van der Waals surface area contributed by atoms with E-state index in [0.717, 1.165) is 29.8 Å². The van der Waals surface area contributed by atoms with E-state index >= 15 is 0 Å². The van der Waals surface area contributed by atoms with Crippen molar-refractivity contribution in [3.63, 3.8) is 0 Å². The fraction of sp³-hybridized carbons (Fsp3) is 0.522. The van der Waals surface area contributed by atoms with Crippen molar-refractivity contribution in [3.05, 3.63) is 35.0 Å². The van der Waals surface area contributed by atoms with Crippen LogP contribution in [0.25, 0.3) is 0 Å². The molecule has 2 heterocycles. The topological polar surface area (TPSA) is 94.6 Å². The number of carbonyl (C=O) groups is 1. The van der Waals surface area contributed by atoms with E-state index in [0.29, 0.717) is 35.3 Å². The summed E-state index contributed by atoms with van der Waals surface area (Å²) in [6.45, 7) is 12.5. The van der Waals surface area contributed by atoms with E-state index in [1.54, 1.807) is 12.3 Å². The van der Waals surface area contributed by atoms with Crippen molar-refractivity contribution in [1.29, 1.82) is 0 Å². The third-order valence-electron chi connectivity index (χ3n) is 5.59. The maximum Gasteiger partial charge on any atom is 0.495 e. The molecule has 1 aromatic carbocycles. The van der Waals surface area contributed by atoms with E-state index in [2.05, 4.69) is 34.4 Å². The zero-order valence-corrected chi connectivity index (χ0v) is 20.0. The molecule has 1 aromatic heterocycles. The molecule has 1 aliphatic heterocycles. The highest BCUT2D eigenvalue weighted by atomic mass is 16.7. The van der Waals surface area contributed by atoms with Crippen LogP contribution in [0.5, 0.6) is 0 Å². The van der Waals surface area contributed by atoms with Gasteiger partial charge in [0.25, 0.3) is 0 Å². The Bertz CT molecular complexity index is 979. The van der Waals surface area contributed by atoms with Gasteiger partial charge in [-0.2, -0.15) is 4.98 Å². The summed E-state index contributed by atoms with van der Waals surface area (Å²) in [6, 6.07) is 4.00. The number of hydrogen-bond acceptors (Lipinski definition) is 8. The summed E-state index contributed by atoms with van der Waals surface area (Å²) < 4.78 is 16.9. The third-order valence-corrected chi connectivity index (χ3v) is 5.59. The molecule has 0 radical (unpaired) electrons. The maximum absolute atomic E-state index is 12.6. The molecule has 1 saturated heterocycles. The van der Waals surface area contributed by atoms with Gasteiger partial charge < -0.3 is 24.7 Å². The van der Waals surface area contributed by atoms with E-state index < -0.39 is 18.7 Å². The standard InChI is InChI=1S/C23H33BN4O4/c1-8-16(9-2)26-20-15(4)12-25-22(28-20)27-17-10-14(3)19(18(11-17)21(29)30-7)24-31-13-23(5,6)32-24/h10-12,16H,8-9,13H2,1-7H3,(H2,25,26,27,28). The van der Waals surface area contributed by atoms with Crippen LogP contribution >= 0.6 is 0 Å². The highest BCUT2D eigenvalue weighted by molar-refractivity contribution is 6.64. The Hall–Kier alpha value is -2.65. The van der Waals surface area contributed by atoms with E-state index in [-0.39, 0.29) is 0 Å². The van der Waals surface area contributed by atoms with Crippen LogP contribution in [0.2, 0.25) is 0 Å². The number of benzene rings is 1. The Morgan fingerprint density at radius 1 is 1.25 bits per heavy atom. The highest BCUT2D eigenvalue weighted by Gasteiger charge is 2.41. The number of nitrogens with zero attached hydrogens (tertiary/aromatic N) is 2. The minimum atomic E-state index is -0.625. The Labute approximate surface area is 190 Å². The molecule has 32 heavy (non-hydrogen) atoms. The Morgan fingerprint density at radius 2 is 1.97 bits per heavy atom. The predicted molar refractivity (Wildman–Crippen MR) is 127 cm³/mol. The monoisotopic (exact) mass is 440 g/mol. The van der Waals surface area contributed by atoms with Gasteiger partial charge in [-0.3, -0.25) is 0 Å². The lowest BCUT2D eigenvalue weighted by Gasteiger charge is -2.19. The number of carbonyl (C=O) groups excluding carboxylic acids is 1. The molecule has 172 valence electrons. The van der Waals surface area contributed by atoms with Crippen LogP contribution in [0.3, 0.4) is 0 Å². The summed E-state index contributed by atoms with van der Waals surface area (Å²) in [5.41, 5.74) is 3.15. The van der Waals surface area contributed by atoms with Crippen molar-refractivity contribution in [2.24, 2.45) is 0 Å². The molecule has 3 rings (SSSR count). The average Bonchev–Trinajstić information content (AvgIpc) is 3.12. The first-order valence-corrected chi connectivity index (χ1v) is 11.1. The minimum absolute atomic E-state index is 0.347. The Kier molecular flexibility index (Phi) is 7.41. The van der Waals surface area contributed by atoms with Crippen molar-refractivity contribution in [1.82, 2.24) is 9.97 Å². The van der Waals surface area contributed by atoms with Crippen molar-refractivity contribution >= 4 is 36.0 Å². The summed E-state index contributed by atoms with van der Waals surface area (Å²) in [5.74, 6) is 0.791. The SMILES string of the molecule is CCC(CC)Nc1nc(Nc2cc(C)c(B3OCC(C)(C)O3)c(C(=O)OC)c2)ncc1C. The van der Waals surface area contributed by atoms with Crippen LogP contribution in [-0.2, 0) is 14.0 Å². The normalized spacial score (nSPS) is 15.2. The van der Waals surface area contributed by atoms with Crippen LogP contribution in [0.1, 0.15) is 62.0 Å². The quantitative estimate of drug-likeness (QED) is 0.474. The van der Waals surface area contributed by atoms with Crippen molar-refractivity contribution in [2.45, 2.75) is 66.0 Å². The van der Waals surface area contributed by atoms with Crippen LogP contribution in [-0.4, -0.2) is 48.4 Å². The van der Waals surface area contributed by atoms with Gasteiger partial charge in [-0.05, 0) is 63.7 Å². The Balaban J connectivity index is 1.92. The van der Waals surface area contributed by atoms with Gasteiger partial charge in [0.05, 0.1) is 24.9 Å². The molecule has 0 atom stereocenters. The fourth-order valence-corrected chi connectivity index (χ4v) is 3.70. The number of aromatic nitrogens is 2. The molecule has 0 aliphatic carbocycles. The lowest BCUT2D eigenvalue weighted by atomic mass is 9.73. The van der Waals surface area contributed by atoms with E-state index in [1.807, 2.05) is 33.8 Å². The second-order valence-corrected chi connectivity index (χ2v) is 8.77. The Morgan fingerprint density at radius 3 is 2.56 bits per heavy atom. The first-order valence-electron chi connectivity index (χ1n) is 11.1. The second-order valence-electron chi connectivity index (χ2n) is 8.77. The molecule has 9 heteroatoms. The smallest absolute Gasteiger partial charge is 0.465 e. The molecule has 2 aromatic rings. The van der Waals surface area contributed by atoms with E-state index in [9.17, 15) is 4.79 Å². The lowest BCUT2D eigenvalue weighted by molar-refractivity contribution is 0.0601. The van der Waals surface area contributed by atoms with Gasteiger partial charge in [0.2, 0.25) is 5.95 Å². The number of nitrogens with one attached hydrogen (secondary N) is 2. The molecular formula is C23H33BN4O4. The van der Waals surface area contributed by atoms with Crippen molar-refractivity contribution in [2.75, 3.05) is 24.4 Å². The predicted octanol–water partition coefficient (Wildman–Crippen LogP) is 3.74. The van der Waals surface area contributed by atoms with Gasteiger partial charge in [0.1, 0.15) is 5.82 Å². The average molecular weight is 440 g/mol. The molecule has 0 spiro atoms. The molecule has 0 unspecified atom stereocenters. The number of anilines is 3. The molecule has 1 fully saturated rings. The molecule has 0 bridgehead atoms. The van der Waals surface area contributed by atoms with Crippen LogP contribution < -0.4 is 16.1 Å². The maximum atomic E-state index is 12.6. The van der Waals surface area contributed by atoms with Crippen LogP contribution in [0.4, 0.5) is 17.5 Å². The summed E-state index contributed by atoms with van der Waals surface area (Å²) in [7, 11) is 0.736. The number of ether oxygens (including phenoxy) is 1. The molecule has 1 aliphatic rings. The molecular weight excluding hydrogens is 407 g/mol. The van der Waals surface area contributed by atoms with Gasteiger partial charge in [0.15, 0.2) is 0 Å². The summed E-state index contributed by atoms with van der Waals surface area (Å²) in [6.07, 6.45) is 3.80. The van der Waals surface area contributed by atoms with Crippen LogP contribution in [0.15, 0.2) is 18.3 Å². The number of rotatable bonds is 8. The minimum Gasteiger partial charge on any atom is -0.465 e. The number of methoxy groups -OCH3 is 1. The van der Waals surface area contributed by atoms with Gasteiger partial charge in [-0.1, -0.05) is 13.8 Å². The summed E-state index contributed by atoms with van der Waals surface area (Å²) >= 11 is 0. The third kappa shape index (κ3) is 5.39. The number of aryl methyl sites for hydroxylation is 2. The first kappa shape index (κ1) is 24.0. The highest BCUT2D eigenvalue weighted by Crippen LogP contribution is 2.25. The zero-order valence-electron chi connectivity index (χ0n) is 20.0. The number of hydrogen-bond donors (Lipinski definition) is 2.